The number of hydrogen-bond donors (Lipinski definition) is 0. The first-order valence-electron chi connectivity index (χ1n) is 9.05. The van der Waals surface area contributed by atoms with Crippen molar-refractivity contribution in [1.29, 1.82) is 0 Å². The molecule has 0 radical (unpaired) electrons. The van der Waals surface area contributed by atoms with Gasteiger partial charge in [0.2, 0.25) is 10.0 Å². The maximum absolute atomic E-state index is 12.9. The van der Waals surface area contributed by atoms with Gasteiger partial charge in [0.15, 0.2) is 5.82 Å². The molecule has 0 bridgehead atoms. The molecule has 0 saturated carbocycles. The second-order valence-electron chi connectivity index (χ2n) is 6.93. The highest BCUT2D eigenvalue weighted by Crippen LogP contribution is 2.28. The van der Waals surface area contributed by atoms with Gasteiger partial charge < -0.3 is 9.26 Å². The molecule has 8 heteroatoms. The van der Waals surface area contributed by atoms with Crippen molar-refractivity contribution < 1.29 is 17.7 Å². The zero-order valence-electron chi connectivity index (χ0n) is 14.8. The Morgan fingerprint density at radius 3 is 2.73 bits per heavy atom. The number of nitrogens with zero attached hydrogens (tertiary/aromatic N) is 3. The van der Waals surface area contributed by atoms with E-state index in [0.29, 0.717) is 42.5 Å². The fraction of sp³-hybridized carbons (Fsp3) is 0.556. The zero-order chi connectivity index (χ0) is 18.1. The van der Waals surface area contributed by atoms with Crippen molar-refractivity contribution in [2.75, 3.05) is 13.1 Å². The quantitative estimate of drug-likeness (QED) is 0.794. The second kappa shape index (κ2) is 7.09. The van der Waals surface area contributed by atoms with Crippen molar-refractivity contribution in [2.24, 2.45) is 0 Å². The molecular weight excluding hydrogens is 354 g/mol. The molecule has 0 spiro atoms. The Morgan fingerprint density at radius 2 is 2.00 bits per heavy atom. The minimum atomic E-state index is -3.43. The molecule has 0 amide bonds. The number of rotatable bonds is 5. The van der Waals surface area contributed by atoms with Crippen LogP contribution in [0.4, 0.5) is 0 Å². The highest BCUT2D eigenvalue weighted by atomic mass is 32.2. The highest BCUT2D eigenvalue weighted by Gasteiger charge is 2.30. The van der Waals surface area contributed by atoms with Crippen molar-refractivity contribution in [1.82, 2.24) is 14.4 Å². The summed E-state index contributed by atoms with van der Waals surface area (Å²) in [5.74, 6) is 1.04. The monoisotopic (exact) mass is 377 g/mol. The summed E-state index contributed by atoms with van der Waals surface area (Å²) in [6.07, 6.45) is 4.48. The van der Waals surface area contributed by atoms with Gasteiger partial charge in [-0.15, -0.1) is 0 Å². The highest BCUT2D eigenvalue weighted by molar-refractivity contribution is 7.89. The van der Waals surface area contributed by atoms with Gasteiger partial charge in [0.25, 0.3) is 5.89 Å². The van der Waals surface area contributed by atoms with Crippen LogP contribution >= 0.6 is 0 Å². The normalized spacial score (nSPS) is 19.0. The molecule has 2 aromatic rings. The zero-order valence-corrected chi connectivity index (χ0v) is 15.7. The van der Waals surface area contributed by atoms with Crippen molar-refractivity contribution in [3.8, 4) is 0 Å². The topological polar surface area (TPSA) is 85.5 Å². The van der Waals surface area contributed by atoms with Crippen LogP contribution in [-0.2, 0) is 34.2 Å². The SMILES string of the molecule is Cc1noc(COC2CCN(S(=O)(=O)c3ccc4c(c3)CCC4)CC2)n1. The lowest BCUT2D eigenvalue weighted by Crippen LogP contribution is -2.40. The molecule has 1 aromatic carbocycles. The Morgan fingerprint density at radius 1 is 1.23 bits per heavy atom. The summed E-state index contributed by atoms with van der Waals surface area (Å²) < 4.78 is 38.2. The van der Waals surface area contributed by atoms with Crippen LogP contribution in [0.3, 0.4) is 0 Å². The Bertz CT molecular complexity index is 886. The number of aromatic nitrogens is 2. The number of aryl methyl sites for hydroxylation is 3. The molecule has 4 rings (SSSR count). The molecule has 0 atom stereocenters. The van der Waals surface area contributed by atoms with Crippen LogP contribution in [0, 0.1) is 6.92 Å². The van der Waals surface area contributed by atoms with E-state index in [2.05, 4.69) is 10.1 Å². The Balaban J connectivity index is 1.36. The summed E-state index contributed by atoms with van der Waals surface area (Å²) in [6.45, 7) is 2.96. The van der Waals surface area contributed by atoms with Gasteiger partial charge in [-0.3, -0.25) is 0 Å². The third kappa shape index (κ3) is 3.54. The van der Waals surface area contributed by atoms with Gasteiger partial charge >= 0.3 is 0 Å². The van der Waals surface area contributed by atoms with Crippen LogP contribution in [0.25, 0.3) is 0 Å². The smallest absolute Gasteiger partial charge is 0.252 e. The third-order valence-corrected chi connectivity index (χ3v) is 7.02. The number of piperidine rings is 1. The Kier molecular flexibility index (Phi) is 4.81. The summed E-state index contributed by atoms with van der Waals surface area (Å²) in [5, 5.41) is 3.73. The molecule has 1 aliphatic heterocycles. The lowest BCUT2D eigenvalue weighted by molar-refractivity contribution is -0.00119. The van der Waals surface area contributed by atoms with Crippen molar-refractivity contribution in [3.63, 3.8) is 0 Å². The molecular formula is C18H23N3O4S. The first kappa shape index (κ1) is 17.6. The predicted octanol–water partition coefficient (Wildman–Crippen LogP) is 2.24. The van der Waals surface area contributed by atoms with E-state index in [-0.39, 0.29) is 12.7 Å². The van der Waals surface area contributed by atoms with E-state index < -0.39 is 10.0 Å². The van der Waals surface area contributed by atoms with E-state index in [9.17, 15) is 8.42 Å². The van der Waals surface area contributed by atoms with Crippen LogP contribution in [0.2, 0.25) is 0 Å². The summed E-state index contributed by atoms with van der Waals surface area (Å²) in [7, 11) is -3.43. The number of ether oxygens (including phenoxy) is 1. The third-order valence-electron chi connectivity index (χ3n) is 5.12. The van der Waals surface area contributed by atoms with E-state index in [1.807, 2.05) is 12.1 Å². The molecule has 2 aliphatic rings. The number of sulfonamides is 1. The maximum atomic E-state index is 12.9. The lowest BCUT2D eigenvalue weighted by Gasteiger charge is -2.31. The van der Waals surface area contributed by atoms with Crippen LogP contribution in [0.15, 0.2) is 27.6 Å². The average molecular weight is 377 g/mol. The minimum Gasteiger partial charge on any atom is -0.368 e. The lowest BCUT2D eigenvalue weighted by atomic mass is 10.1. The molecule has 2 heterocycles. The van der Waals surface area contributed by atoms with Crippen molar-refractivity contribution in [2.45, 2.75) is 56.6 Å². The summed E-state index contributed by atoms with van der Waals surface area (Å²) >= 11 is 0. The number of benzene rings is 1. The van der Waals surface area contributed by atoms with Gasteiger partial charge in [-0.2, -0.15) is 9.29 Å². The summed E-state index contributed by atoms with van der Waals surface area (Å²) in [5.41, 5.74) is 2.46. The van der Waals surface area contributed by atoms with Gasteiger partial charge in [-0.1, -0.05) is 11.2 Å². The van der Waals surface area contributed by atoms with Gasteiger partial charge in [-0.05, 0) is 62.3 Å². The van der Waals surface area contributed by atoms with Gasteiger partial charge in [0, 0.05) is 13.1 Å². The first-order valence-corrected chi connectivity index (χ1v) is 10.5. The van der Waals surface area contributed by atoms with Crippen LogP contribution in [-0.4, -0.2) is 42.1 Å². The standard InChI is InChI=1S/C18H23N3O4S/c1-13-19-18(25-20-13)12-24-16-7-9-21(10-8-16)26(22,23)17-6-5-14-3-2-4-15(14)11-17/h5-6,11,16H,2-4,7-10,12H2,1H3. The molecule has 140 valence electrons. The van der Waals surface area contributed by atoms with E-state index in [1.165, 1.54) is 11.1 Å². The fourth-order valence-electron chi connectivity index (χ4n) is 3.68. The Hall–Kier alpha value is -1.77. The van der Waals surface area contributed by atoms with Crippen LogP contribution in [0.5, 0.6) is 0 Å². The predicted molar refractivity (Wildman–Crippen MR) is 94.1 cm³/mol. The van der Waals surface area contributed by atoms with Gasteiger partial charge in [-0.25, -0.2) is 8.42 Å². The summed E-state index contributed by atoms with van der Waals surface area (Å²) in [6, 6.07) is 5.58. The largest absolute Gasteiger partial charge is 0.368 e. The Labute approximate surface area is 153 Å². The molecule has 1 fully saturated rings. The number of fused-ring (bicyclic) bond motifs is 1. The van der Waals surface area contributed by atoms with E-state index in [1.54, 1.807) is 17.3 Å². The molecule has 1 aromatic heterocycles. The molecule has 0 N–H and O–H groups in total. The van der Waals surface area contributed by atoms with Crippen LogP contribution < -0.4 is 0 Å². The molecule has 0 unspecified atom stereocenters. The number of hydrogen-bond acceptors (Lipinski definition) is 6. The summed E-state index contributed by atoms with van der Waals surface area (Å²) in [4.78, 5) is 4.52. The van der Waals surface area contributed by atoms with E-state index >= 15 is 0 Å². The molecule has 1 aliphatic carbocycles. The molecule has 26 heavy (non-hydrogen) atoms. The molecule has 1 saturated heterocycles. The molecule has 7 nitrogen and oxygen atoms in total. The van der Waals surface area contributed by atoms with E-state index in [0.717, 1.165) is 19.3 Å². The fourth-order valence-corrected chi connectivity index (χ4v) is 5.21. The van der Waals surface area contributed by atoms with Gasteiger partial charge in [0.1, 0.15) is 6.61 Å². The van der Waals surface area contributed by atoms with E-state index in [4.69, 9.17) is 9.26 Å². The second-order valence-corrected chi connectivity index (χ2v) is 8.87. The van der Waals surface area contributed by atoms with Gasteiger partial charge in [0.05, 0.1) is 11.0 Å². The van der Waals surface area contributed by atoms with Crippen molar-refractivity contribution in [3.05, 3.63) is 41.0 Å². The van der Waals surface area contributed by atoms with Crippen LogP contribution in [0.1, 0.15) is 42.1 Å². The minimum absolute atomic E-state index is 0.00803. The maximum Gasteiger partial charge on any atom is 0.252 e. The average Bonchev–Trinajstić information content (AvgIpc) is 3.28. The van der Waals surface area contributed by atoms with Crippen molar-refractivity contribution >= 4 is 10.0 Å². The first-order chi connectivity index (χ1) is 12.5.